The molecule has 2 N–H and O–H groups in total. The molecule has 2 aromatic rings. The summed E-state index contributed by atoms with van der Waals surface area (Å²) in [6.07, 6.45) is 1.04. The summed E-state index contributed by atoms with van der Waals surface area (Å²) in [7, 11) is 0. The summed E-state index contributed by atoms with van der Waals surface area (Å²) < 4.78 is 5.90. The van der Waals surface area contributed by atoms with Crippen molar-refractivity contribution in [3.8, 4) is 22.9 Å². The molecule has 3 rings (SSSR count). The molecule has 0 spiro atoms. The number of rotatable bonds is 4. The number of nitrogens with two attached hydrogens (primary N) is 1. The molecule has 1 fully saturated rings. The van der Waals surface area contributed by atoms with E-state index in [9.17, 15) is 0 Å². The third kappa shape index (κ3) is 2.66. The van der Waals surface area contributed by atoms with Crippen molar-refractivity contribution >= 4 is 0 Å². The van der Waals surface area contributed by atoms with Crippen LogP contribution < -0.4 is 10.5 Å². The van der Waals surface area contributed by atoms with E-state index in [0.29, 0.717) is 18.1 Å². The molecule has 100 valence electrons. The molecule has 3 nitrogen and oxygen atoms in total. The molecule has 2 unspecified atom stereocenters. The summed E-state index contributed by atoms with van der Waals surface area (Å²) in [6, 6.07) is 18.0. The van der Waals surface area contributed by atoms with Crippen LogP contribution in [0.25, 0.3) is 11.1 Å². The Morgan fingerprint density at radius 3 is 2.60 bits per heavy atom. The van der Waals surface area contributed by atoms with Crippen molar-refractivity contribution in [2.75, 3.05) is 6.61 Å². The van der Waals surface area contributed by atoms with Gasteiger partial charge in [-0.2, -0.15) is 5.26 Å². The molecular formula is C17H16N2O. The van der Waals surface area contributed by atoms with Gasteiger partial charge < -0.3 is 10.5 Å². The minimum atomic E-state index is 0.286. The van der Waals surface area contributed by atoms with Gasteiger partial charge in [-0.3, -0.25) is 0 Å². The normalized spacial score (nSPS) is 20.2. The first-order chi connectivity index (χ1) is 9.78. The van der Waals surface area contributed by atoms with Crippen LogP contribution in [0.4, 0.5) is 0 Å². The Labute approximate surface area is 118 Å². The third-order valence-corrected chi connectivity index (χ3v) is 3.62. The third-order valence-electron chi connectivity index (χ3n) is 3.62. The topological polar surface area (TPSA) is 59.0 Å². The van der Waals surface area contributed by atoms with E-state index < -0.39 is 0 Å². The van der Waals surface area contributed by atoms with Crippen LogP contribution in [0.5, 0.6) is 5.75 Å². The zero-order chi connectivity index (χ0) is 13.9. The Hall–Kier alpha value is -2.31. The van der Waals surface area contributed by atoms with Gasteiger partial charge in [-0.1, -0.05) is 30.3 Å². The molecule has 1 aliphatic rings. The lowest BCUT2D eigenvalue weighted by Crippen LogP contribution is -2.09. The maximum absolute atomic E-state index is 9.06. The van der Waals surface area contributed by atoms with Crippen LogP contribution in [0.2, 0.25) is 0 Å². The molecule has 2 atom stereocenters. The highest BCUT2D eigenvalue weighted by Gasteiger charge is 2.34. The lowest BCUT2D eigenvalue weighted by atomic mass is 10.0. The van der Waals surface area contributed by atoms with Crippen molar-refractivity contribution in [3.05, 3.63) is 54.1 Å². The number of hydrogen-bond donors (Lipinski definition) is 1. The Morgan fingerprint density at radius 2 is 1.95 bits per heavy atom. The molecule has 0 amide bonds. The quantitative estimate of drug-likeness (QED) is 0.923. The highest BCUT2D eigenvalue weighted by atomic mass is 16.5. The van der Waals surface area contributed by atoms with E-state index >= 15 is 0 Å². The van der Waals surface area contributed by atoms with Crippen molar-refractivity contribution in [3.63, 3.8) is 0 Å². The van der Waals surface area contributed by atoms with Gasteiger partial charge in [0.25, 0.3) is 0 Å². The van der Waals surface area contributed by atoms with Gasteiger partial charge in [0.15, 0.2) is 0 Å². The van der Waals surface area contributed by atoms with Gasteiger partial charge in [0.1, 0.15) is 5.75 Å². The first-order valence-corrected chi connectivity index (χ1v) is 6.76. The number of nitriles is 1. The fourth-order valence-electron chi connectivity index (χ4n) is 2.23. The minimum absolute atomic E-state index is 0.286. The average molecular weight is 264 g/mol. The molecule has 0 aliphatic heterocycles. The van der Waals surface area contributed by atoms with E-state index in [-0.39, 0.29) is 6.04 Å². The van der Waals surface area contributed by atoms with Gasteiger partial charge in [-0.15, -0.1) is 0 Å². The number of hydrogen-bond acceptors (Lipinski definition) is 3. The molecule has 20 heavy (non-hydrogen) atoms. The number of ether oxygens (including phenoxy) is 1. The zero-order valence-electron chi connectivity index (χ0n) is 11.1. The van der Waals surface area contributed by atoms with Gasteiger partial charge in [0.05, 0.1) is 18.2 Å². The van der Waals surface area contributed by atoms with Gasteiger partial charge in [0.2, 0.25) is 0 Å². The minimum Gasteiger partial charge on any atom is -0.493 e. The van der Waals surface area contributed by atoms with Crippen molar-refractivity contribution in [2.24, 2.45) is 11.7 Å². The smallest absolute Gasteiger partial charge is 0.127 e. The predicted molar refractivity (Wildman–Crippen MR) is 78.2 cm³/mol. The largest absolute Gasteiger partial charge is 0.493 e. The summed E-state index contributed by atoms with van der Waals surface area (Å²) in [5, 5.41) is 9.06. The molecule has 1 saturated carbocycles. The van der Waals surface area contributed by atoms with E-state index in [1.807, 2.05) is 42.5 Å². The van der Waals surface area contributed by atoms with E-state index in [1.165, 1.54) is 0 Å². The van der Waals surface area contributed by atoms with Gasteiger partial charge in [-0.25, -0.2) is 0 Å². The van der Waals surface area contributed by atoms with Gasteiger partial charge in [-0.05, 0) is 30.2 Å². The molecule has 0 radical (unpaired) electrons. The second-order valence-electron chi connectivity index (χ2n) is 5.16. The fourth-order valence-corrected chi connectivity index (χ4v) is 2.23. The van der Waals surface area contributed by atoms with E-state index in [0.717, 1.165) is 23.3 Å². The van der Waals surface area contributed by atoms with Gasteiger partial charge in [0, 0.05) is 17.5 Å². The van der Waals surface area contributed by atoms with E-state index in [4.69, 9.17) is 15.7 Å². The van der Waals surface area contributed by atoms with Crippen LogP contribution in [0.15, 0.2) is 48.5 Å². The Kier molecular flexibility index (Phi) is 3.41. The van der Waals surface area contributed by atoms with Crippen LogP contribution in [0, 0.1) is 17.2 Å². The van der Waals surface area contributed by atoms with Crippen LogP contribution in [0.3, 0.4) is 0 Å². The second kappa shape index (κ2) is 5.36. The molecule has 0 aromatic heterocycles. The van der Waals surface area contributed by atoms with Gasteiger partial charge >= 0.3 is 0 Å². The lowest BCUT2D eigenvalue weighted by Gasteiger charge is -2.12. The average Bonchev–Trinajstić information content (AvgIpc) is 3.21. The first-order valence-electron chi connectivity index (χ1n) is 6.76. The summed E-state index contributed by atoms with van der Waals surface area (Å²) >= 11 is 0. The first kappa shape index (κ1) is 12.7. The van der Waals surface area contributed by atoms with Crippen molar-refractivity contribution in [1.29, 1.82) is 5.26 Å². The van der Waals surface area contributed by atoms with Crippen LogP contribution in [0.1, 0.15) is 12.0 Å². The Bertz CT molecular complexity index is 646. The molecule has 1 aliphatic carbocycles. The number of benzene rings is 2. The SMILES string of the molecule is N#Cc1ccc(OCC2CC2N)c(-c2ccccc2)c1. The molecule has 0 bridgehead atoms. The van der Waals surface area contributed by atoms with Crippen LogP contribution in [-0.4, -0.2) is 12.6 Å². The van der Waals surface area contributed by atoms with Crippen molar-refractivity contribution in [1.82, 2.24) is 0 Å². The molecular weight excluding hydrogens is 248 g/mol. The fraction of sp³-hybridized carbons (Fsp3) is 0.235. The maximum Gasteiger partial charge on any atom is 0.127 e. The second-order valence-corrected chi connectivity index (χ2v) is 5.16. The highest BCUT2D eigenvalue weighted by Crippen LogP contribution is 2.34. The Morgan fingerprint density at radius 1 is 1.20 bits per heavy atom. The molecule has 0 saturated heterocycles. The van der Waals surface area contributed by atoms with E-state index in [2.05, 4.69) is 6.07 Å². The number of nitrogens with zero attached hydrogens (tertiary/aromatic N) is 1. The maximum atomic E-state index is 9.06. The molecule has 0 heterocycles. The lowest BCUT2D eigenvalue weighted by molar-refractivity contribution is 0.298. The van der Waals surface area contributed by atoms with Crippen molar-refractivity contribution in [2.45, 2.75) is 12.5 Å². The standard InChI is InChI=1S/C17H16N2O/c18-10-12-6-7-17(20-11-14-9-16(14)19)15(8-12)13-4-2-1-3-5-13/h1-8,14,16H,9,11,19H2. The summed E-state index contributed by atoms with van der Waals surface area (Å²) in [5.74, 6) is 1.28. The monoisotopic (exact) mass is 264 g/mol. The predicted octanol–water partition coefficient (Wildman–Crippen LogP) is 2.95. The molecule has 2 aromatic carbocycles. The van der Waals surface area contributed by atoms with Crippen LogP contribution in [-0.2, 0) is 0 Å². The highest BCUT2D eigenvalue weighted by molar-refractivity contribution is 5.72. The zero-order valence-corrected chi connectivity index (χ0v) is 11.1. The summed E-state index contributed by atoms with van der Waals surface area (Å²) in [6.45, 7) is 0.646. The van der Waals surface area contributed by atoms with Crippen LogP contribution >= 0.6 is 0 Å². The summed E-state index contributed by atoms with van der Waals surface area (Å²) in [4.78, 5) is 0. The Balaban J connectivity index is 1.90. The molecule has 3 heteroatoms. The summed E-state index contributed by atoms with van der Waals surface area (Å²) in [5.41, 5.74) is 8.45. The van der Waals surface area contributed by atoms with E-state index in [1.54, 1.807) is 6.07 Å². The van der Waals surface area contributed by atoms with Crippen molar-refractivity contribution < 1.29 is 4.74 Å².